The van der Waals surface area contributed by atoms with Crippen LogP contribution in [0.15, 0.2) is 60.8 Å². The van der Waals surface area contributed by atoms with Crippen molar-refractivity contribution in [2.24, 2.45) is 0 Å². The molecular formula is C31H38N4O4S2. The van der Waals surface area contributed by atoms with E-state index in [9.17, 15) is 18.3 Å². The fourth-order valence-corrected chi connectivity index (χ4v) is 7.48. The molecule has 4 aromatic rings. The van der Waals surface area contributed by atoms with E-state index in [1.54, 1.807) is 24.5 Å². The summed E-state index contributed by atoms with van der Waals surface area (Å²) >= 11 is 1.76. The highest BCUT2D eigenvalue weighted by Crippen LogP contribution is 2.35. The van der Waals surface area contributed by atoms with Gasteiger partial charge >= 0.3 is 0 Å². The molecule has 5 rings (SSSR count). The molecule has 0 unspecified atom stereocenters. The molecule has 218 valence electrons. The van der Waals surface area contributed by atoms with Gasteiger partial charge in [0.1, 0.15) is 0 Å². The van der Waals surface area contributed by atoms with Crippen molar-refractivity contribution >= 4 is 43.9 Å². The molecule has 8 nitrogen and oxygen atoms in total. The van der Waals surface area contributed by atoms with Crippen LogP contribution < -0.4 is 14.9 Å². The lowest BCUT2D eigenvalue weighted by atomic mass is 10.00. The van der Waals surface area contributed by atoms with Gasteiger partial charge in [-0.3, -0.25) is 9.10 Å². The lowest BCUT2D eigenvalue weighted by Crippen LogP contribution is -2.48. The minimum absolute atomic E-state index is 0.00375. The SMILES string of the molecule is CCc1ccc(CNC[C@@H](O)[C@H](Cc2ccccc2)NC(=O)c2cc3c4c(c2)c(CC)cn4CCS(=O)(=O)N3C)s1. The van der Waals surface area contributed by atoms with E-state index in [1.165, 1.54) is 14.1 Å². The summed E-state index contributed by atoms with van der Waals surface area (Å²) < 4.78 is 29.1. The molecule has 1 aliphatic heterocycles. The Morgan fingerprint density at radius 2 is 1.83 bits per heavy atom. The molecule has 0 fully saturated rings. The molecule has 2 aromatic heterocycles. The first kappa shape index (κ1) is 29.3. The summed E-state index contributed by atoms with van der Waals surface area (Å²) in [6, 6.07) is 17.0. The average Bonchev–Trinajstić information content (AvgIpc) is 3.57. The summed E-state index contributed by atoms with van der Waals surface area (Å²) in [7, 11) is -1.97. The minimum Gasteiger partial charge on any atom is -0.390 e. The maximum Gasteiger partial charge on any atom is 0.251 e. The van der Waals surface area contributed by atoms with Crippen LogP contribution in [0.1, 0.15) is 45.1 Å². The van der Waals surface area contributed by atoms with Gasteiger partial charge in [0.2, 0.25) is 10.0 Å². The van der Waals surface area contributed by atoms with E-state index in [4.69, 9.17) is 0 Å². The number of rotatable bonds is 11. The highest BCUT2D eigenvalue weighted by molar-refractivity contribution is 7.92. The molecule has 3 N–H and O–H groups in total. The van der Waals surface area contributed by atoms with Gasteiger partial charge in [-0.05, 0) is 54.7 Å². The van der Waals surface area contributed by atoms with E-state index < -0.39 is 22.2 Å². The largest absolute Gasteiger partial charge is 0.390 e. The third-order valence-electron chi connectivity index (χ3n) is 7.82. The smallest absolute Gasteiger partial charge is 0.251 e. The second-order valence-corrected chi connectivity index (χ2v) is 13.9. The predicted molar refractivity (Wildman–Crippen MR) is 166 cm³/mol. The number of benzene rings is 2. The van der Waals surface area contributed by atoms with Crippen LogP contribution in [0.2, 0.25) is 0 Å². The zero-order valence-corrected chi connectivity index (χ0v) is 25.4. The van der Waals surface area contributed by atoms with Gasteiger partial charge in [-0.15, -0.1) is 11.3 Å². The molecule has 1 aliphatic rings. The lowest BCUT2D eigenvalue weighted by molar-refractivity contribution is 0.0830. The number of aromatic nitrogens is 1. The molecule has 2 aromatic carbocycles. The number of aryl methyl sites for hydroxylation is 3. The Morgan fingerprint density at radius 1 is 1.07 bits per heavy atom. The van der Waals surface area contributed by atoms with Crippen molar-refractivity contribution < 1.29 is 18.3 Å². The van der Waals surface area contributed by atoms with Crippen molar-refractivity contribution in [1.29, 1.82) is 0 Å². The molecule has 41 heavy (non-hydrogen) atoms. The Hall–Kier alpha value is -3.18. The number of thiophene rings is 1. The molecule has 10 heteroatoms. The fraction of sp³-hybridized carbons (Fsp3) is 0.387. The van der Waals surface area contributed by atoms with E-state index in [1.807, 2.05) is 47.2 Å². The third kappa shape index (κ3) is 6.35. The van der Waals surface area contributed by atoms with Crippen molar-refractivity contribution in [3.05, 3.63) is 87.2 Å². The molecule has 0 bridgehead atoms. The summed E-state index contributed by atoms with van der Waals surface area (Å²) in [4.78, 5) is 16.3. The van der Waals surface area contributed by atoms with Gasteiger partial charge in [-0.25, -0.2) is 8.42 Å². The molecular weight excluding hydrogens is 556 g/mol. The van der Waals surface area contributed by atoms with Crippen LogP contribution in [0.5, 0.6) is 0 Å². The first-order valence-corrected chi connectivity index (χ1v) is 16.6. The van der Waals surface area contributed by atoms with Gasteiger partial charge in [-0.1, -0.05) is 44.2 Å². The number of sulfonamides is 1. The standard InChI is InChI=1S/C31H38N4O4S2/c1-4-22-20-35-13-14-41(38,39)34(3)28-17-23(16-26(22)30(28)35)31(37)33-27(15-21-9-7-6-8-10-21)29(36)19-32-18-25-12-11-24(5-2)40-25/h6-12,16-17,20,27,29,32,36H,4-5,13-15,18-19H2,1-3H3,(H,33,37)/t27-,29+/m0/s1. The molecule has 3 heterocycles. The van der Waals surface area contributed by atoms with Crippen molar-refractivity contribution in [1.82, 2.24) is 15.2 Å². The van der Waals surface area contributed by atoms with Crippen LogP contribution in [-0.4, -0.2) is 55.5 Å². The van der Waals surface area contributed by atoms with Gasteiger partial charge in [-0.2, -0.15) is 0 Å². The summed E-state index contributed by atoms with van der Waals surface area (Å²) in [5, 5.41) is 18.5. The zero-order chi connectivity index (χ0) is 29.1. The van der Waals surface area contributed by atoms with Gasteiger partial charge in [0.05, 0.1) is 29.1 Å². The number of amides is 1. The number of hydrogen-bond donors (Lipinski definition) is 3. The van der Waals surface area contributed by atoms with E-state index in [0.717, 1.165) is 34.9 Å². The van der Waals surface area contributed by atoms with Crippen LogP contribution in [-0.2, 0) is 42.4 Å². The summed E-state index contributed by atoms with van der Waals surface area (Å²) in [5.41, 5.74) is 3.75. The number of aliphatic hydroxyl groups is 1. The quantitative estimate of drug-likeness (QED) is 0.243. The predicted octanol–water partition coefficient (Wildman–Crippen LogP) is 4.10. The van der Waals surface area contributed by atoms with Gasteiger partial charge in [0, 0.05) is 53.6 Å². The van der Waals surface area contributed by atoms with E-state index >= 15 is 0 Å². The maximum absolute atomic E-state index is 13.8. The van der Waals surface area contributed by atoms with Crippen molar-refractivity contribution in [3.8, 4) is 0 Å². The molecule has 0 aliphatic carbocycles. The lowest BCUT2D eigenvalue weighted by Gasteiger charge is -2.25. The second-order valence-electron chi connectivity index (χ2n) is 10.6. The van der Waals surface area contributed by atoms with E-state index in [2.05, 4.69) is 36.6 Å². The molecule has 0 saturated carbocycles. The topological polar surface area (TPSA) is 104 Å². The number of nitrogens with zero attached hydrogens (tertiary/aromatic N) is 2. The monoisotopic (exact) mass is 594 g/mol. The molecule has 0 spiro atoms. The van der Waals surface area contributed by atoms with Gasteiger partial charge in [0.15, 0.2) is 0 Å². The van der Waals surface area contributed by atoms with E-state index in [-0.39, 0.29) is 11.7 Å². The van der Waals surface area contributed by atoms with Gasteiger partial charge in [0.25, 0.3) is 5.91 Å². The Bertz CT molecular complexity index is 1630. The summed E-state index contributed by atoms with van der Waals surface area (Å²) in [5.74, 6) is -0.352. The van der Waals surface area contributed by atoms with Gasteiger partial charge < -0.3 is 20.3 Å². The number of anilines is 1. The molecule has 2 atom stereocenters. The Labute approximate surface area is 246 Å². The number of hydrogen-bond acceptors (Lipinski definition) is 6. The Kier molecular flexibility index (Phi) is 8.84. The number of carbonyl (C=O) groups excluding carboxylic acids is 1. The van der Waals surface area contributed by atoms with Crippen molar-refractivity contribution in [3.63, 3.8) is 0 Å². The van der Waals surface area contributed by atoms with Crippen LogP contribution in [0.3, 0.4) is 0 Å². The van der Waals surface area contributed by atoms with Crippen LogP contribution in [0.25, 0.3) is 10.9 Å². The first-order chi connectivity index (χ1) is 19.7. The average molecular weight is 595 g/mol. The minimum atomic E-state index is -3.52. The second kappa shape index (κ2) is 12.4. The first-order valence-electron chi connectivity index (χ1n) is 14.1. The van der Waals surface area contributed by atoms with Crippen LogP contribution >= 0.6 is 11.3 Å². The normalized spacial score (nSPS) is 16.0. The van der Waals surface area contributed by atoms with Crippen molar-refractivity contribution in [2.75, 3.05) is 23.7 Å². The molecule has 1 amide bonds. The number of carbonyl (C=O) groups is 1. The van der Waals surface area contributed by atoms with Crippen LogP contribution in [0.4, 0.5) is 5.69 Å². The molecule has 0 radical (unpaired) electrons. The maximum atomic E-state index is 13.8. The van der Waals surface area contributed by atoms with E-state index in [0.29, 0.717) is 37.3 Å². The van der Waals surface area contributed by atoms with Crippen molar-refractivity contribution in [2.45, 2.75) is 58.3 Å². The summed E-state index contributed by atoms with van der Waals surface area (Å²) in [6.45, 7) is 5.51. The zero-order valence-electron chi connectivity index (χ0n) is 23.8. The fourth-order valence-electron chi connectivity index (χ4n) is 5.41. The third-order valence-corrected chi connectivity index (χ3v) is 10.8. The summed E-state index contributed by atoms with van der Waals surface area (Å²) in [6.07, 6.45) is 3.36. The Balaban J connectivity index is 1.41. The highest BCUT2D eigenvalue weighted by Gasteiger charge is 2.29. The number of aliphatic hydroxyl groups excluding tert-OH is 1. The number of nitrogens with one attached hydrogen (secondary N) is 2. The van der Waals surface area contributed by atoms with Crippen LogP contribution in [0, 0.1) is 0 Å². The highest BCUT2D eigenvalue weighted by atomic mass is 32.2. The molecule has 0 saturated heterocycles. The Morgan fingerprint density at radius 3 is 2.54 bits per heavy atom.